The van der Waals surface area contributed by atoms with Gasteiger partial charge in [-0.2, -0.15) is 0 Å². The van der Waals surface area contributed by atoms with Crippen molar-refractivity contribution >= 4 is 11.6 Å². The Labute approximate surface area is 143 Å². The summed E-state index contributed by atoms with van der Waals surface area (Å²) >= 11 is 0. The van der Waals surface area contributed by atoms with E-state index in [-0.39, 0.29) is 5.91 Å². The van der Waals surface area contributed by atoms with E-state index in [1.165, 1.54) is 11.1 Å². The number of rotatable bonds is 7. The average molecular weight is 328 g/mol. The van der Waals surface area contributed by atoms with Crippen LogP contribution in [0.2, 0.25) is 0 Å². The minimum absolute atomic E-state index is 0.0897. The lowest BCUT2D eigenvalue weighted by Gasteiger charge is -2.17. The van der Waals surface area contributed by atoms with Gasteiger partial charge in [0, 0.05) is 12.6 Å². The molecule has 2 aromatic carbocycles. The van der Waals surface area contributed by atoms with Crippen molar-refractivity contribution in [2.75, 3.05) is 33.1 Å². The van der Waals surface area contributed by atoms with Crippen LogP contribution in [0.5, 0.6) is 11.5 Å². The summed E-state index contributed by atoms with van der Waals surface area (Å²) in [5.74, 6) is 1.17. The summed E-state index contributed by atoms with van der Waals surface area (Å²) in [7, 11) is 5.08. The molecule has 0 saturated heterocycles. The van der Waals surface area contributed by atoms with Gasteiger partial charge in [0.25, 0.3) is 0 Å². The predicted octanol–water partition coefficient (Wildman–Crippen LogP) is 3.08. The van der Waals surface area contributed by atoms with Crippen LogP contribution in [0, 0.1) is 6.92 Å². The monoisotopic (exact) mass is 328 g/mol. The van der Waals surface area contributed by atoms with Crippen molar-refractivity contribution in [1.82, 2.24) is 4.90 Å². The second-order valence-electron chi connectivity index (χ2n) is 5.77. The molecule has 0 aliphatic rings. The quantitative estimate of drug-likeness (QED) is 0.848. The number of anilines is 1. The van der Waals surface area contributed by atoms with Gasteiger partial charge in [-0.1, -0.05) is 29.8 Å². The van der Waals surface area contributed by atoms with Gasteiger partial charge in [0.1, 0.15) is 11.5 Å². The maximum absolute atomic E-state index is 12.3. The van der Waals surface area contributed by atoms with Gasteiger partial charge in [-0.25, -0.2) is 0 Å². The lowest BCUT2D eigenvalue weighted by molar-refractivity contribution is -0.117. The number of carbonyl (C=O) groups excluding carboxylic acids is 1. The van der Waals surface area contributed by atoms with E-state index in [0.29, 0.717) is 30.3 Å². The molecule has 5 nitrogen and oxygen atoms in total. The normalized spacial score (nSPS) is 10.5. The number of nitrogens with one attached hydrogen (secondary N) is 1. The third-order valence-corrected chi connectivity index (χ3v) is 3.67. The van der Waals surface area contributed by atoms with Crippen molar-refractivity contribution in [1.29, 1.82) is 0 Å². The molecule has 1 N–H and O–H groups in total. The van der Waals surface area contributed by atoms with Gasteiger partial charge in [-0.05, 0) is 31.7 Å². The van der Waals surface area contributed by atoms with E-state index >= 15 is 0 Å². The zero-order valence-electron chi connectivity index (χ0n) is 14.6. The molecule has 0 spiro atoms. The lowest BCUT2D eigenvalue weighted by Crippen LogP contribution is -2.29. The minimum atomic E-state index is -0.0897. The SMILES string of the molecule is COc1ccc(NC(=O)CN(C)Cc2ccc(C)cc2)c(OC)c1. The number of amides is 1. The molecule has 2 aromatic rings. The van der Waals surface area contributed by atoms with E-state index < -0.39 is 0 Å². The summed E-state index contributed by atoms with van der Waals surface area (Å²) in [5, 5.41) is 2.88. The highest BCUT2D eigenvalue weighted by Gasteiger charge is 2.11. The van der Waals surface area contributed by atoms with Gasteiger partial charge in [-0.15, -0.1) is 0 Å². The molecule has 5 heteroatoms. The van der Waals surface area contributed by atoms with Crippen LogP contribution in [-0.4, -0.2) is 38.6 Å². The first-order valence-corrected chi connectivity index (χ1v) is 7.78. The number of ether oxygens (including phenoxy) is 2. The largest absolute Gasteiger partial charge is 0.497 e. The van der Waals surface area contributed by atoms with Crippen LogP contribution in [0.3, 0.4) is 0 Å². The Bertz CT molecular complexity index is 684. The first-order valence-electron chi connectivity index (χ1n) is 7.78. The molecule has 2 rings (SSSR count). The van der Waals surface area contributed by atoms with Gasteiger partial charge in [-0.3, -0.25) is 9.69 Å². The molecule has 0 aliphatic heterocycles. The van der Waals surface area contributed by atoms with Gasteiger partial charge in [0.15, 0.2) is 0 Å². The van der Waals surface area contributed by atoms with Crippen LogP contribution in [-0.2, 0) is 11.3 Å². The molecule has 0 aliphatic carbocycles. The Kier molecular flexibility index (Phi) is 6.21. The second-order valence-corrected chi connectivity index (χ2v) is 5.77. The number of benzene rings is 2. The molecule has 1 amide bonds. The summed E-state index contributed by atoms with van der Waals surface area (Å²) in [6, 6.07) is 13.6. The van der Waals surface area contributed by atoms with Crippen molar-refractivity contribution in [3.8, 4) is 11.5 Å². The molecule has 0 saturated carbocycles. The lowest BCUT2D eigenvalue weighted by atomic mass is 10.1. The molecule has 0 unspecified atom stereocenters. The predicted molar refractivity (Wildman–Crippen MR) is 95.7 cm³/mol. The van der Waals surface area contributed by atoms with Crippen LogP contribution in [0.25, 0.3) is 0 Å². The third-order valence-electron chi connectivity index (χ3n) is 3.67. The van der Waals surface area contributed by atoms with Crippen LogP contribution < -0.4 is 14.8 Å². The molecule has 0 heterocycles. The van der Waals surface area contributed by atoms with E-state index in [1.54, 1.807) is 32.4 Å². The van der Waals surface area contributed by atoms with Crippen LogP contribution >= 0.6 is 0 Å². The van der Waals surface area contributed by atoms with E-state index in [1.807, 2.05) is 11.9 Å². The Morgan fingerprint density at radius 2 is 1.79 bits per heavy atom. The molecule has 128 valence electrons. The van der Waals surface area contributed by atoms with E-state index in [0.717, 1.165) is 0 Å². The van der Waals surface area contributed by atoms with E-state index in [4.69, 9.17) is 9.47 Å². The number of carbonyl (C=O) groups is 1. The zero-order valence-corrected chi connectivity index (χ0v) is 14.6. The summed E-state index contributed by atoms with van der Waals surface area (Å²) in [6.07, 6.45) is 0. The van der Waals surface area contributed by atoms with Gasteiger partial charge < -0.3 is 14.8 Å². The van der Waals surface area contributed by atoms with Gasteiger partial charge >= 0.3 is 0 Å². The molecule has 0 fully saturated rings. The Morgan fingerprint density at radius 3 is 2.42 bits per heavy atom. The highest BCUT2D eigenvalue weighted by Crippen LogP contribution is 2.28. The van der Waals surface area contributed by atoms with Gasteiger partial charge in [0.2, 0.25) is 5.91 Å². The fourth-order valence-corrected chi connectivity index (χ4v) is 2.40. The maximum Gasteiger partial charge on any atom is 0.238 e. The average Bonchev–Trinajstić information content (AvgIpc) is 2.57. The Morgan fingerprint density at radius 1 is 1.08 bits per heavy atom. The molecule has 24 heavy (non-hydrogen) atoms. The van der Waals surface area contributed by atoms with E-state index in [9.17, 15) is 4.79 Å². The fraction of sp³-hybridized carbons (Fsp3) is 0.316. The number of methoxy groups -OCH3 is 2. The standard InChI is InChI=1S/C19H24N2O3/c1-14-5-7-15(8-6-14)12-21(2)13-19(22)20-17-10-9-16(23-3)11-18(17)24-4/h5-11H,12-13H2,1-4H3,(H,20,22). The number of hydrogen-bond acceptors (Lipinski definition) is 4. The highest BCUT2D eigenvalue weighted by molar-refractivity contribution is 5.93. The van der Waals surface area contributed by atoms with Crippen LogP contribution in [0.1, 0.15) is 11.1 Å². The third kappa shape index (κ3) is 4.99. The molecule has 0 aromatic heterocycles. The van der Waals surface area contributed by atoms with E-state index in [2.05, 4.69) is 36.5 Å². The van der Waals surface area contributed by atoms with Crippen molar-refractivity contribution < 1.29 is 14.3 Å². The summed E-state index contributed by atoms with van der Waals surface area (Å²) < 4.78 is 10.4. The van der Waals surface area contributed by atoms with Crippen LogP contribution in [0.4, 0.5) is 5.69 Å². The first-order chi connectivity index (χ1) is 11.5. The summed E-state index contributed by atoms with van der Waals surface area (Å²) in [6.45, 7) is 3.07. The van der Waals surface area contributed by atoms with Crippen molar-refractivity contribution in [3.63, 3.8) is 0 Å². The molecule has 0 atom stereocenters. The number of likely N-dealkylation sites (N-methyl/N-ethyl adjacent to an activating group) is 1. The molecular formula is C19H24N2O3. The molecule has 0 bridgehead atoms. The summed E-state index contributed by atoms with van der Waals surface area (Å²) in [4.78, 5) is 14.2. The summed E-state index contributed by atoms with van der Waals surface area (Å²) in [5.41, 5.74) is 3.04. The number of nitrogens with zero attached hydrogens (tertiary/aromatic N) is 1. The Balaban J connectivity index is 1.93. The topological polar surface area (TPSA) is 50.8 Å². The van der Waals surface area contributed by atoms with Gasteiger partial charge in [0.05, 0.1) is 26.5 Å². The minimum Gasteiger partial charge on any atom is -0.497 e. The Hall–Kier alpha value is -2.53. The zero-order chi connectivity index (χ0) is 17.5. The first kappa shape index (κ1) is 17.8. The number of hydrogen-bond donors (Lipinski definition) is 1. The van der Waals surface area contributed by atoms with Crippen LogP contribution in [0.15, 0.2) is 42.5 Å². The molecular weight excluding hydrogens is 304 g/mol. The van der Waals surface area contributed by atoms with Crippen molar-refractivity contribution in [2.45, 2.75) is 13.5 Å². The smallest absolute Gasteiger partial charge is 0.238 e. The van der Waals surface area contributed by atoms with Crippen molar-refractivity contribution in [2.24, 2.45) is 0 Å². The maximum atomic E-state index is 12.3. The number of aryl methyl sites for hydroxylation is 1. The highest BCUT2D eigenvalue weighted by atomic mass is 16.5. The fourth-order valence-electron chi connectivity index (χ4n) is 2.40. The van der Waals surface area contributed by atoms with Crippen molar-refractivity contribution in [3.05, 3.63) is 53.6 Å². The molecule has 0 radical (unpaired) electrons. The second kappa shape index (κ2) is 8.36.